The highest BCUT2D eigenvalue weighted by atomic mass is 79.9. The van der Waals surface area contributed by atoms with Gasteiger partial charge in [0.1, 0.15) is 5.82 Å². The van der Waals surface area contributed by atoms with E-state index in [1.807, 2.05) is 0 Å². The number of carbonyl (C=O) groups is 1. The lowest BCUT2D eigenvalue weighted by atomic mass is 10.2. The quantitative estimate of drug-likeness (QED) is 0.876. The highest BCUT2D eigenvalue weighted by Crippen LogP contribution is 2.23. The lowest BCUT2D eigenvalue weighted by Crippen LogP contribution is -2.12. The van der Waals surface area contributed by atoms with Crippen molar-refractivity contribution in [1.82, 2.24) is 4.98 Å². The summed E-state index contributed by atoms with van der Waals surface area (Å²) in [5, 5.41) is 3.73. The van der Waals surface area contributed by atoms with Crippen LogP contribution in [0.3, 0.4) is 0 Å². The summed E-state index contributed by atoms with van der Waals surface area (Å²) < 4.78 is 0.667. The fourth-order valence-corrected chi connectivity index (χ4v) is 1.88. The molecule has 0 saturated carbocycles. The Morgan fingerprint density at radius 1 is 1.22 bits per heavy atom. The second-order valence-corrected chi connectivity index (χ2v) is 5.14. The predicted molar refractivity (Wildman–Crippen MR) is 76.4 cm³/mol. The molecule has 0 radical (unpaired) electrons. The number of halogens is 3. The molecule has 1 aromatic heterocycles. The number of rotatable bonds is 2. The molecule has 3 nitrogen and oxygen atoms in total. The molecule has 2 rings (SSSR count). The minimum absolute atomic E-state index is 0.262. The Balaban J connectivity index is 2.16. The van der Waals surface area contributed by atoms with E-state index < -0.39 is 0 Å². The largest absolute Gasteiger partial charge is 0.307 e. The van der Waals surface area contributed by atoms with Crippen LogP contribution in [-0.2, 0) is 0 Å². The van der Waals surface area contributed by atoms with Gasteiger partial charge in [0.2, 0.25) is 0 Å². The van der Waals surface area contributed by atoms with E-state index >= 15 is 0 Å². The first kappa shape index (κ1) is 13.3. The summed E-state index contributed by atoms with van der Waals surface area (Å²) in [5.74, 6) is 0.178. The minimum Gasteiger partial charge on any atom is -0.307 e. The number of nitrogens with one attached hydrogen (secondary N) is 1. The molecule has 0 aliphatic rings. The van der Waals surface area contributed by atoms with Crippen LogP contribution in [0.2, 0.25) is 10.0 Å². The fourth-order valence-electron chi connectivity index (χ4n) is 1.28. The lowest BCUT2D eigenvalue weighted by molar-refractivity contribution is 0.102. The van der Waals surface area contributed by atoms with Gasteiger partial charge in [-0.1, -0.05) is 23.2 Å². The maximum Gasteiger partial charge on any atom is 0.256 e. The van der Waals surface area contributed by atoms with Crippen molar-refractivity contribution in [3.8, 4) is 0 Å². The van der Waals surface area contributed by atoms with Gasteiger partial charge >= 0.3 is 0 Å². The molecule has 1 N–H and O–H groups in total. The van der Waals surface area contributed by atoms with Gasteiger partial charge in [0.25, 0.3) is 5.91 Å². The first-order valence-electron chi connectivity index (χ1n) is 4.94. The van der Waals surface area contributed by atoms with Gasteiger partial charge < -0.3 is 5.32 Å². The van der Waals surface area contributed by atoms with Crippen molar-refractivity contribution in [1.29, 1.82) is 0 Å². The van der Waals surface area contributed by atoms with Crippen LogP contribution in [0.25, 0.3) is 0 Å². The minimum atomic E-state index is -0.262. The van der Waals surface area contributed by atoms with Gasteiger partial charge in [-0.05, 0) is 46.3 Å². The lowest BCUT2D eigenvalue weighted by Gasteiger charge is -2.05. The summed E-state index contributed by atoms with van der Waals surface area (Å²) in [6.07, 6.45) is 1.47. The molecule has 0 saturated heterocycles. The first-order valence-corrected chi connectivity index (χ1v) is 6.49. The van der Waals surface area contributed by atoms with Crippen LogP contribution in [0.1, 0.15) is 10.4 Å². The maximum absolute atomic E-state index is 11.9. The van der Waals surface area contributed by atoms with Crippen LogP contribution in [0.5, 0.6) is 0 Å². The average Bonchev–Trinajstić information content (AvgIpc) is 2.35. The monoisotopic (exact) mass is 344 g/mol. The fraction of sp³-hybridized carbons (Fsp3) is 0. The zero-order valence-corrected chi connectivity index (χ0v) is 12.1. The van der Waals surface area contributed by atoms with Crippen molar-refractivity contribution in [2.24, 2.45) is 0 Å². The van der Waals surface area contributed by atoms with Crippen molar-refractivity contribution in [3.63, 3.8) is 0 Å². The number of anilines is 1. The number of benzene rings is 1. The highest BCUT2D eigenvalue weighted by Gasteiger charge is 2.08. The van der Waals surface area contributed by atoms with E-state index in [1.165, 1.54) is 6.20 Å². The predicted octanol–water partition coefficient (Wildman–Crippen LogP) is 4.40. The van der Waals surface area contributed by atoms with Crippen LogP contribution in [0, 0.1) is 0 Å². The van der Waals surface area contributed by atoms with Gasteiger partial charge in [-0.25, -0.2) is 4.98 Å². The van der Waals surface area contributed by atoms with Gasteiger partial charge in [0, 0.05) is 16.2 Å². The SMILES string of the molecule is O=C(Nc1ccc(Cl)cn1)c1ccc(Cl)c(Br)c1. The van der Waals surface area contributed by atoms with Crippen LogP contribution >= 0.6 is 39.1 Å². The number of hydrogen-bond acceptors (Lipinski definition) is 2. The summed E-state index contributed by atoms with van der Waals surface area (Å²) in [4.78, 5) is 15.9. The molecule has 1 aromatic carbocycles. The van der Waals surface area contributed by atoms with E-state index in [4.69, 9.17) is 23.2 Å². The van der Waals surface area contributed by atoms with E-state index in [1.54, 1.807) is 30.3 Å². The highest BCUT2D eigenvalue weighted by molar-refractivity contribution is 9.10. The summed E-state index contributed by atoms with van der Waals surface area (Å²) >= 11 is 14.8. The van der Waals surface area contributed by atoms with Crippen molar-refractivity contribution in [3.05, 3.63) is 56.6 Å². The van der Waals surface area contributed by atoms with Gasteiger partial charge in [0.15, 0.2) is 0 Å². The Kier molecular flexibility index (Phi) is 4.22. The molecule has 0 aliphatic heterocycles. The van der Waals surface area contributed by atoms with Crippen LogP contribution < -0.4 is 5.32 Å². The molecular formula is C12H7BrCl2N2O. The number of pyridine rings is 1. The molecule has 0 atom stereocenters. The Morgan fingerprint density at radius 3 is 2.61 bits per heavy atom. The Hall–Kier alpha value is -1.10. The third-order valence-electron chi connectivity index (χ3n) is 2.15. The molecule has 0 bridgehead atoms. The first-order chi connectivity index (χ1) is 8.56. The van der Waals surface area contributed by atoms with Crippen molar-refractivity contribution in [2.45, 2.75) is 0 Å². The molecule has 6 heteroatoms. The summed E-state index contributed by atoms with van der Waals surface area (Å²) in [7, 11) is 0. The zero-order valence-electron chi connectivity index (χ0n) is 8.95. The van der Waals surface area contributed by atoms with Crippen LogP contribution in [-0.4, -0.2) is 10.9 Å². The normalized spacial score (nSPS) is 10.2. The van der Waals surface area contributed by atoms with Gasteiger partial charge in [0.05, 0.1) is 10.0 Å². The summed E-state index contributed by atoms with van der Waals surface area (Å²) in [5.41, 5.74) is 0.489. The number of aromatic nitrogens is 1. The molecule has 1 heterocycles. The Bertz CT molecular complexity index is 587. The van der Waals surface area contributed by atoms with Gasteiger partial charge in [-0.2, -0.15) is 0 Å². The molecule has 1 amide bonds. The van der Waals surface area contributed by atoms with E-state index in [2.05, 4.69) is 26.2 Å². The second-order valence-electron chi connectivity index (χ2n) is 3.44. The molecule has 2 aromatic rings. The Labute approximate surface area is 122 Å². The smallest absolute Gasteiger partial charge is 0.256 e. The van der Waals surface area contributed by atoms with Crippen LogP contribution in [0.15, 0.2) is 41.0 Å². The molecule has 0 unspecified atom stereocenters. The van der Waals surface area contributed by atoms with E-state index in [0.717, 1.165) is 0 Å². The second kappa shape index (κ2) is 5.69. The van der Waals surface area contributed by atoms with Crippen molar-refractivity contribution in [2.75, 3.05) is 5.32 Å². The summed E-state index contributed by atoms with van der Waals surface area (Å²) in [6, 6.07) is 8.22. The Morgan fingerprint density at radius 2 is 2.00 bits per heavy atom. The number of nitrogens with zero attached hydrogens (tertiary/aromatic N) is 1. The number of amides is 1. The van der Waals surface area contributed by atoms with Crippen molar-refractivity contribution >= 4 is 50.9 Å². The summed E-state index contributed by atoms with van der Waals surface area (Å²) in [6.45, 7) is 0. The van der Waals surface area contributed by atoms with Gasteiger partial charge in [-0.3, -0.25) is 4.79 Å². The standard InChI is InChI=1S/C12H7BrCl2N2O/c13-9-5-7(1-3-10(9)15)12(18)17-11-4-2-8(14)6-16-11/h1-6H,(H,16,17,18). The van der Waals surface area contributed by atoms with Crippen LogP contribution in [0.4, 0.5) is 5.82 Å². The third-order valence-corrected chi connectivity index (χ3v) is 3.59. The molecule has 0 spiro atoms. The third kappa shape index (κ3) is 3.22. The molecule has 0 aliphatic carbocycles. The molecule has 92 valence electrons. The van der Waals surface area contributed by atoms with E-state index in [-0.39, 0.29) is 5.91 Å². The zero-order chi connectivity index (χ0) is 13.1. The molecule has 0 fully saturated rings. The van der Waals surface area contributed by atoms with E-state index in [0.29, 0.717) is 25.9 Å². The maximum atomic E-state index is 11.9. The topological polar surface area (TPSA) is 42.0 Å². The average molecular weight is 346 g/mol. The van der Waals surface area contributed by atoms with Gasteiger partial charge in [-0.15, -0.1) is 0 Å². The van der Waals surface area contributed by atoms with Crippen molar-refractivity contribution < 1.29 is 4.79 Å². The molecule has 18 heavy (non-hydrogen) atoms. The molecular weight excluding hydrogens is 339 g/mol. The number of carbonyl (C=O) groups excluding carboxylic acids is 1. The number of hydrogen-bond donors (Lipinski definition) is 1. The van der Waals surface area contributed by atoms with E-state index in [9.17, 15) is 4.79 Å².